The van der Waals surface area contributed by atoms with Crippen LogP contribution in [0, 0.1) is 5.82 Å². The second-order valence-corrected chi connectivity index (χ2v) is 6.12. The van der Waals surface area contributed by atoms with E-state index in [1.807, 2.05) is 0 Å². The molecule has 2 aromatic carbocycles. The Morgan fingerprint density at radius 2 is 2.00 bits per heavy atom. The Labute approximate surface area is 153 Å². The van der Waals surface area contributed by atoms with Crippen LogP contribution in [0.1, 0.15) is 16.2 Å². The third-order valence-corrected chi connectivity index (χ3v) is 4.03. The molecule has 25 heavy (non-hydrogen) atoms. The van der Waals surface area contributed by atoms with Gasteiger partial charge in [0.1, 0.15) is 5.82 Å². The zero-order valence-electron chi connectivity index (χ0n) is 13.0. The van der Waals surface area contributed by atoms with Crippen LogP contribution in [0.25, 0.3) is 11.4 Å². The summed E-state index contributed by atoms with van der Waals surface area (Å²) in [4.78, 5) is 17.8. The third kappa shape index (κ3) is 3.81. The zero-order valence-corrected chi connectivity index (χ0v) is 14.6. The lowest BCUT2D eigenvalue weighted by Crippen LogP contribution is -2.27. The van der Waals surface area contributed by atoms with Crippen molar-refractivity contribution in [2.45, 2.75) is 6.54 Å². The van der Waals surface area contributed by atoms with Crippen LogP contribution in [0.5, 0.6) is 0 Å². The largest absolute Gasteiger partial charge is 0.337 e. The van der Waals surface area contributed by atoms with Gasteiger partial charge in [-0.3, -0.25) is 4.79 Å². The van der Waals surface area contributed by atoms with Crippen molar-refractivity contribution < 1.29 is 13.7 Å². The summed E-state index contributed by atoms with van der Waals surface area (Å²) in [5.74, 6) is -0.683. The molecular weight excluding hydrogens is 368 g/mol. The van der Waals surface area contributed by atoms with Crippen LogP contribution in [-0.2, 0) is 6.54 Å². The highest BCUT2D eigenvalue weighted by Crippen LogP contribution is 2.25. The second kappa shape index (κ2) is 7.21. The zero-order chi connectivity index (χ0) is 18.0. The van der Waals surface area contributed by atoms with E-state index in [1.54, 1.807) is 24.3 Å². The van der Waals surface area contributed by atoms with E-state index in [0.717, 1.165) is 6.07 Å². The van der Waals surface area contributed by atoms with Gasteiger partial charge in [-0.05, 0) is 30.3 Å². The Hall–Kier alpha value is -2.44. The molecule has 0 bridgehead atoms. The highest BCUT2D eigenvalue weighted by Gasteiger charge is 2.19. The highest BCUT2D eigenvalue weighted by molar-refractivity contribution is 6.33. The number of carbonyl (C=O) groups is 1. The molecule has 3 rings (SSSR count). The molecule has 128 valence electrons. The topological polar surface area (TPSA) is 59.2 Å². The molecule has 0 N–H and O–H groups in total. The van der Waals surface area contributed by atoms with Crippen LogP contribution >= 0.6 is 23.2 Å². The maximum atomic E-state index is 13.9. The summed E-state index contributed by atoms with van der Waals surface area (Å²) in [6, 6.07) is 10.9. The van der Waals surface area contributed by atoms with Gasteiger partial charge in [-0.15, -0.1) is 0 Å². The van der Waals surface area contributed by atoms with E-state index in [1.165, 1.54) is 24.1 Å². The lowest BCUT2D eigenvalue weighted by Gasteiger charge is -2.15. The minimum absolute atomic E-state index is 0.0261. The standard InChI is InChI=1S/C17H12Cl2FN3O2/c1-23(17(24)12-7-6-10(18)8-14(12)20)9-15-21-16(22-25-15)11-4-2-3-5-13(11)19/h2-8H,9H2,1H3. The Morgan fingerprint density at radius 3 is 2.72 bits per heavy atom. The van der Waals surface area contributed by atoms with Crippen molar-refractivity contribution in [1.82, 2.24) is 15.0 Å². The number of aromatic nitrogens is 2. The molecule has 1 amide bonds. The fraction of sp³-hybridized carbons (Fsp3) is 0.118. The van der Waals surface area contributed by atoms with Gasteiger partial charge in [-0.1, -0.05) is 40.5 Å². The van der Waals surface area contributed by atoms with E-state index in [2.05, 4.69) is 10.1 Å². The van der Waals surface area contributed by atoms with Crippen LogP contribution in [0.2, 0.25) is 10.0 Å². The highest BCUT2D eigenvalue weighted by atomic mass is 35.5. The molecule has 8 heteroatoms. The molecule has 0 unspecified atom stereocenters. The molecule has 0 aliphatic heterocycles. The molecule has 0 radical (unpaired) electrons. The van der Waals surface area contributed by atoms with Gasteiger partial charge in [0.2, 0.25) is 11.7 Å². The van der Waals surface area contributed by atoms with E-state index < -0.39 is 11.7 Å². The molecule has 1 heterocycles. The van der Waals surface area contributed by atoms with Crippen molar-refractivity contribution in [1.29, 1.82) is 0 Å². The number of hydrogen-bond acceptors (Lipinski definition) is 4. The van der Waals surface area contributed by atoms with Gasteiger partial charge >= 0.3 is 0 Å². The van der Waals surface area contributed by atoms with Gasteiger partial charge in [0.15, 0.2) is 0 Å². The van der Waals surface area contributed by atoms with E-state index in [0.29, 0.717) is 16.4 Å². The lowest BCUT2D eigenvalue weighted by atomic mass is 10.2. The van der Waals surface area contributed by atoms with Gasteiger partial charge < -0.3 is 9.42 Å². The van der Waals surface area contributed by atoms with E-state index >= 15 is 0 Å². The fourth-order valence-corrected chi connectivity index (χ4v) is 2.59. The summed E-state index contributed by atoms with van der Waals surface area (Å²) >= 11 is 11.8. The molecular formula is C17H12Cl2FN3O2. The monoisotopic (exact) mass is 379 g/mol. The number of rotatable bonds is 4. The van der Waals surface area contributed by atoms with Crippen LogP contribution in [0.15, 0.2) is 47.0 Å². The quantitative estimate of drug-likeness (QED) is 0.671. The van der Waals surface area contributed by atoms with Crippen molar-refractivity contribution in [2.75, 3.05) is 7.05 Å². The van der Waals surface area contributed by atoms with Gasteiger partial charge in [-0.25, -0.2) is 4.39 Å². The molecule has 0 atom stereocenters. The Kier molecular flexibility index (Phi) is 5.01. The maximum Gasteiger partial charge on any atom is 0.257 e. The summed E-state index contributed by atoms with van der Waals surface area (Å²) in [5, 5.41) is 4.57. The van der Waals surface area contributed by atoms with Crippen LogP contribution < -0.4 is 0 Å². The normalized spacial score (nSPS) is 10.7. The van der Waals surface area contributed by atoms with Crippen molar-refractivity contribution in [3.05, 3.63) is 69.8 Å². The third-order valence-electron chi connectivity index (χ3n) is 3.46. The Morgan fingerprint density at radius 1 is 1.24 bits per heavy atom. The number of nitrogens with zero attached hydrogens (tertiary/aromatic N) is 3. The summed E-state index contributed by atoms with van der Waals surface area (Å²) in [6.07, 6.45) is 0. The summed E-state index contributed by atoms with van der Waals surface area (Å²) < 4.78 is 19.0. The Bertz CT molecular complexity index is 930. The average molecular weight is 380 g/mol. The first-order chi connectivity index (χ1) is 12.0. The predicted molar refractivity (Wildman–Crippen MR) is 92.0 cm³/mol. The smallest absolute Gasteiger partial charge is 0.257 e. The summed E-state index contributed by atoms with van der Waals surface area (Å²) in [7, 11) is 1.51. The van der Waals surface area contributed by atoms with Crippen LogP contribution in [-0.4, -0.2) is 28.0 Å². The van der Waals surface area contributed by atoms with Crippen LogP contribution in [0.4, 0.5) is 4.39 Å². The SMILES string of the molecule is CN(Cc1nc(-c2ccccc2Cl)no1)C(=O)c1ccc(Cl)cc1F. The molecule has 5 nitrogen and oxygen atoms in total. The van der Waals surface area contributed by atoms with E-state index in [9.17, 15) is 9.18 Å². The van der Waals surface area contributed by atoms with Gasteiger partial charge in [0.05, 0.1) is 17.1 Å². The maximum absolute atomic E-state index is 13.9. The Balaban J connectivity index is 1.76. The molecule has 1 aromatic heterocycles. The molecule has 0 spiro atoms. The first-order valence-corrected chi connectivity index (χ1v) is 7.99. The fourth-order valence-electron chi connectivity index (χ4n) is 2.21. The molecule has 0 aliphatic carbocycles. The molecule has 0 saturated heterocycles. The van der Waals surface area contributed by atoms with Gasteiger partial charge in [0.25, 0.3) is 5.91 Å². The number of amides is 1. The van der Waals surface area contributed by atoms with Crippen LogP contribution in [0.3, 0.4) is 0 Å². The van der Waals surface area contributed by atoms with Gasteiger partial charge in [0, 0.05) is 17.6 Å². The minimum atomic E-state index is -0.688. The minimum Gasteiger partial charge on any atom is -0.337 e. The van der Waals surface area contributed by atoms with Crippen molar-refractivity contribution >= 4 is 29.1 Å². The molecule has 3 aromatic rings. The summed E-state index contributed by atoms with van der Waals surface area (Å²) in [5.41, 5.74) is 0.537. The summed E-state index contributed by atoms with van der Waals surface area (Å²) in [6.45, 7) is 0.0261. The molecule has 0 aliphatic rings. The van der Waals surface area contributed by atoms with E-state index in [-0.39, 0.29) is 23.0 Å². The van der Waals surface area contributed by atoms with E-state index in [4.69, 9.17) is 27.7 Å². The first kappa shape index (κ1) is 17.4. The van der Waals surface area contributed by atoms with Crippen molar-refractivity contribution in [3.63, 3.8) is 0 Å². The lowest BCUT2D eigenvalue weighted by molar-refractivity contribution is 0.0765. The van der Waals surface area contributed by atoms with Crippen molar-refractivity contribution in [2.24, 2.45) is 0 Å². The number of hydrogen-bond donors (Lipinski definition) is 0. The van der Waals surface area contributed by atoms with Crippen molar-refractivity contribution in [3.8, 4) is 11.4 Å². The second-order valence-electron chi connectivity index (χ2n) is 5.28. The number of carbonyl (C=O) groups excluding carboxylic acids is 1. The average Bonchev–Trinajstić information content (AvgIpc) is 3.03. The number of halogens is 3. The molecule has 0 fully saturated rings. The predicted octanol–water partition coefficient (Wildman–Crippen LogP) is 4.45. The number of benzene rings is 2. The van der Waals surface area contributed by atoms with Gasteiger partial charge in [-0.2, -0.15) is 4.98 Å². The molecule has 0 saturated carbocycles. The first-order valence-electron chi connectivity index (χ1n) is 7.23.